The van der Waals surface area contributed by atoms with Gasteiger partial charge in [0.15, 0.2) is 0 Å². The Morgan fingerprint density at radius 3 is 2.86 bits per heavy atom. The summed E-state index contributed by atoms with van der Waals surface area (Å²) >= 11 is 1.37. The van der Waals surface area contributed by atoms with E-state index < -0.39 is 0 Å². The number of H-pyrrole nitrogens is 1. The van der Waals surface area contributed by atoms with Gasteiger partial charge in [0.1, 0.15) is 5.82 Å². The molecule has 152 valence electrons. The normalized spacial score (nSPS) is 10.7. The average Bonchev–Trinajstić information content (AvgIpc) is 3.40. The Labute approximate surface area is 172 Å². The summed E-state index contributed by atoms with van der Waals surface area (Å²) in [5.41, 5.74) is 2.36. The van der Waals surface area contributed by atoms with Crippen LogP contribution in [0.5, 0.6) is 0 Å². The zero-order chi connectivity index (χ0) is 20.6. The van der Waals surface area contributed by atoms with Crippen molar-refractivity contribution in [1.82, 2.24) is 20.4 Å². The van der Waals surface area contributed by atoms with E-state index in [-0.39, 0.29) is 24.1 Å². The van der Waals surface area contributed by atoms with E-state index in [9.17, 15) is 14.0 Å². The maximum atomic E-state index is 13.3. The van der Waals surface area contributed by atoms with Gasteiger partial charge >= 0.3 is 0 Å². The van der Waals surface area contributed by atoms with E-state index in [0.29, 0.717) is 23.7 Å². The second-order valence-electron chi connectivity index (χ2n) is 6.69. The molecule has 0 bridgehead atoms. The summed E-state index contributed by atoms with van der Waals surface area (Å²) in [7, 11) is 1.76. The second-order valence-corrected chi connectivity index (χ2v) is 7.64. The van der Waals surface area contributed by atoms with Crippen molar-refractivity contribution in [3.63, 3.8) is 0 Å². The number of carbonyl (C=O) groups is 2. The molecule has 0 unspecified atom stereocenters. The van der Waals surface area contributed by atoms with Crippen molar-refractivity contribution in [2.45, 2.75) is 19.3 Å². The Morgan fingerprint density at radius 2 is 2.10 bits per heavy atom. The Kier molecular flexibility index (Phi) is 7.13. The number of aromatic nitrogens is 2. The van der Waals surface area contributed by atoms with Crippen LogP contribution in [0.15, 0.2) is 47.8 Å². The molecular formula is C21H23FN4O2S. The molecule has 0 radical (unpaired) electrons. The molecule has 0 aliphatic heterocycles. The molecular weight excluding hydrogens is 391 g/mol. The quantitative estimate of drug-likeness (QED) is 0.563. The molecule has 0 aliphatic carbocycles. The number of benzene rings is 1. The number of rotatable bonds is 9. The van der Waals surface area contributed by atoms with Crippen molar-refractivity contribution < 1.29 is 14.0 Å². The molecule has 3 aromatic rings. The van der Waals surface area contributed by atoms with Crippen LogP contribution in [0, 0.1) is 5.82 Å². The molecule has 0 saturated heterocycles. The maximum absolute atomic E-state index is 13.3. The number of nitrogens with zero attached hydrogens (tertiary/aromatic N) is 2. The third-order valence-corrected chi connectivity index (χ3v) is 5.35. The van der Waals surface area contributed by atoms with Crippen LogP contribution in [-0.2, 0) is 11.2 Å². The lowest BCUT2D eigenvalue weighted by molar-refractivity contribution is -0.129. The van der Waals surface area contributed by atoms with Gasteiger partial charge in [-0.1, -0.05) is 18.2 Å². The minimum absolute atomic E-state index is 0.0125. The summed E-state index contributed by atoms with van der Waals surface area (Å²) in [5, 5.41) is 11.8. The molecule has 2 heterocycles. The first-order valence-electron chi connectivity index (χ1n) is 9.39. The molecule has 1 aromatic carbocycles. The number of aryl methyl sites for hydroxylation is 1. The summed E-state index contributed by atoms with van der Waals surface area (Å²) in [6.45, 7) is 0.920. The predicted octanol–water partition coefficient (Wildman–Crippen LogP) is 3.49. The Bertz CT molecular complexity index is 955. The zero-order valence-electron chi connectivity index (χ0n) is 16.2. The smallest absolute Gasteiger partial charge is 0.261 e. The van der Waals surface area contributed by atoms with Crippen molar-refractivity contribution in [3.8, 4) is 11.3 Å². The molecule has 2 amide bonds. The van der Waals surface area contributed by atoms with Crippen LogP contribution in [0.1, 0.15) is 28.2 Å². The van der Waals surface area contributed by atoms with Crippen LogP contribution in [0.4, 0.5) is 4.39 Å². The topological polar surface area (TPSA) is 78.1 Å². The van der Waals surface area contributed by atoms with E-state index in [1.165, 1.54) is 23.5 Å². The monoisotopic (exact) mass is 414 g/mol. The van der Waals surface area contributed by atoms with Crippen LogP contribution in [0.2, 0.25) is 0 Å². The number of amides is 2. The van der Waals surface area contributed by atoms with Crippen LogP contribution in [0.3, 0.4) is 0 Å². The molecule has 0 atom stereocenters. The summed E-state index contributed by atoms with van der Waals surface area (Å²) in [5.74, 6) is -0.455. The van der Waals surface area contributed by atoms with E-state index in [1.807, 2.05) is 23.6 Å². The first kappa shape index (κ1) is 20.7. The zero-order valence-corrected chi connectivity index (χ0v) is 17.0. The van der Waals surface area contributed by atoms with Crippen LogP contribution in [0.25, 0.3) is 11.3 Å². The SMILES string of the molecule is CN(CCCc1cc(-c2cccc(F)c2)n[nH]1)C(=O)CCNC(=O)c1cccs1. The third kappa shape index (κ3) is 5.99. The number of nitrogens with one attached hydrogen (secondary N) is 2. The van der Waals surface area contributed by atoms with E-state index in [2.05, 4.69) is 15.5 Å². The van der Waals surface area contributed by atoms with Crippen LogP contribution in [-0.4, -0.2) is 47.0 Å². The summed E-state index contributed by atoms with van der Waals surface area (Å²) in [6, 6.07) is 11.8. The maximum Gasteiger partial charge on any atom is 0.261 e. The standard InChI is InChI=1S/C21H23FN4O2S/c1-26(20(27)9-10-23-21(28)19-8-4-12-29-19)11-3-7-17-14-18(25-24-17)15-5-2-6-16(22)13-15/h2,4-6,8,12-14H,3,7,9-11H2,1H3,(H,23,28)(H,24,25). The molecule has 2 N–H and O–H groups in total. The average molecular weight is 415 g/mol. The molecule has 0 aliphatic rings. The lowest BCUT2D eigenvalue weighted by Crippen LogP contribution is -2.32. The van der Waals surface area contributed by atoms with E-state index in [1.54, 1.807) is 24.1 Å². The van der Waals surface area contributed by atoms with Crippen LogP contribution >= 0.6 is 11.3 Å². The van der Waals surface area contributed by atoms with Crippen molar-refractivity contribution in [2.24, 2.45) is 0 Å². The highest BCUT2D eigenvalue weighted by molar-refractivity contribution is 7.12. The van der Waals surface area contributed by atoms with Gasteiger partial charge in [0.05, 0.1) is 10.6 Å². The molecule has 0 saturated carbocycles. The number of aromatic amines is 1. The van der Waals surface area contributed by atoms with Gasteiger partial charge in [-0.3, -0.25) is 14.7 Å². The van der Waals surface area contributed by atoms with Gasteiger partial charge in [-0.2, -0.15) is 5.10 Å². The summed E-state index contributed by atoms with van der Waals surface area (Å²) < 4.78 is 13.3. The van der Waals surface area contributed by atoms with Gasteiger partial charge < -0.3 is 10.2 Å². The van der Waals surface area contributed by atoms with Crippen molar-refractivity contribution >= 4 is 23.2 Å². The predicted molar refractivity (Wildman–Crippen MR) is 111 cm³/mol. The van der Waals surface area contributed by atoms with Gasteiger partial charge in [0.25, 0.3) is 5.91 Å². The van der Waals surface area contributed by atoms with Gasteiger partial charge in [0, 0.05) is 37.8 Å². The van der Waals surface area contributed by atoms with Crippen molar-refractivity contribution in [2.75, 3.05) is 20.1 Å². The summed E-state index contributed by atoms with van der Waals surface area (Å²) in [4.78, 5) is 26.4. The molecule has 29 heavy (non-hydrogen) atoms. The minimum Gasteiger partial charge on any atom is -0.351 e. The van der Waals surface area contributed by atoms with Crippen LogP contribution < -0.4 is 5.32 Å². The number of halogens is 1. The Morgan fingerprint density at radius 1 is 1.24 bits per heavy atom. The van der Waals surface area contributed by atoms with Gasteiger partial charge in [-0.25, -0.2) is 4.39 Å². The van der Waals surface area contributed by atoms with Crippen molar-refractivity contribution in [3.05, 3.63) is 64.2 Å². The number of carbonyl (C=O) groups excluding carboxylic acids is 2. The fraction of sp³-hybridized carbons (Fsp3) is 0.286. The lowest BCUT2D eigenvalue weighted by atomic mass is 10.1. The fourth-order valence-electron chi connectivity index (χ4n) is 2.89. The summed E-state index contributed by atoms with van der Waals surface area (Å²) in [6.07, 6.45) is 1.77. The molecule has 0 fully saturated rings. The molecule has 3 rings (SSSR count). The van der Waals surface area contributed by atoms with Gasteiger partial charge in [0.2, 0.25) is 5.91 Å². The molecule has 0 spiro atoms. The highest BCUT2D eigenvalue weighted by atomic mass is 32.1. The molecule has 6 nitrogen and oxygen atoms in total. The fourth-order valence-corrected chi connectivity index (χ4v) is 3.53. The van der Waals surface area contributed by atoms with E-state index in [4.69, 9.17) is 0 Å². The second kappa shape index (κ2) is 9.97. The highest BCUT2D eigenvalue weighted by Gasteiger charge is 2.11. The minimum atomic E-state index is -0.293. The van der Waals surface area contributed by atoms with E-state index in [0.717, 1.165) is 24.1 Å². The molecule has 8 heteroatoms. The Hall–Kier alpha value is -3.00. The largest absolute Gasteiger partial charge is 0.351 e. The van der Waals surface area contributed by atoms with Gasteiger partial charge in [-0.15, -0.1) is 11.3 Å². The first-order chi connectivity index (χ1) is 14.0. The Balaban J connectivity index is 1.37. The van der Waals surface area contributed by atoms with Crippen molar-refractivity contribution in [1.29, 1.82) is 0 Å². The third-order valence-electron chi connectivity index (χ3n) is 4.49. The lowest BCUT2D eigenvalue weighted by Gasteiger charge is -2.17. The highest BCUT2D eigenvalue weighted by Crippen LogP contribution is 2.19. The van der Waals surface area contributed by atoms with E-state index >= 15 is 0 Å². The number of hydrogen-bond donors (Lipinski definition) is 2. The first-order valence-corrected chi connectivity index (χ1v) is 10.3. The number of thiophene rings is 1. The molecule has 2 aromatic heterocycles. The number of hydrogen-bond acceptors (Lipinski definition) is 4. The van der Waals surface area contributed by atoms with Gasteiger partial charge in [-0.05, 0) is 42.5 Å².